The molecule has 9 nitrogen and oxygen atoms in total. The first-order chi connectivity index (χ1) is 18.0. The molecule has 3 N–H and O–H groups in total. The van der Waals surface area contributed by atoms with Crippen LogP contribution in [0.15, 0.2) is 65.2 Å². The summed E-state index contributed by atoms with van der Waals surface area (Å²) in [6, 6.07) is 18.9. The Hall–Kier alpha value is -5.04. The van der Waals surface area contributed by atoms with Gasteiger partial charge >= 0.3 is 0 Å². The van der Waals surface area contributed by atoms with E-state index < -0.39 is 0 Å². The number of hydrogen-bond acceptors (Lipinski definition) is 7. The number of aryl methyl sites for hydroxylation is 2. The quantitative estimate of drug-likeness (QED) is 0.321. The minimum Gasteiger partial charge on any atom is -0.382 e. The first kappa shape index (κ1) is 23.7. The molecule has 0 radical (unpaired) electrons. The van der Waals surface area contributed by atoms with Crippen LogP contribution in [-0.2, 0) is 6.42 Å². The molecule has 0 atom stereocenters. The van der Waals surface area contributed by atoms with Crippen molar-refractivity contribution in [2.24, 2.45) is 0 Å². The number of amides is 1. The van der Waals surface area contributed by atoms with Crippen molar-refractivity contribution in [2.45, 2.75) is 19.8 Å². The average molecular weight is 496 g/mol. The number of para-hydroxylation sites is 1. The number of nitrogens with one attached hydrogen (secondary N) is 1. The second-order valence-corrected chi connectivity index (χ2v) is 8.44. The number of carbonyl (C=O) groups is 1. The third kappa shape index (κ3) is 4.62. The average Bonchev–Trinajstić information content (AvgIpc) is 3.45. The molecule has 10 heteroatoms. The van der Waals surface area contributed by atoms with E-state index in [2.05, 4.69) is 26.6 Å². The lowest BCUT2D eigenvalue weighted by Crippen LogP contribution is -2.25. The normalized spacial score (nSPS) is 10.9. The third-order valence-electron chi connectivity index (χ3n) is 5.98. The number of aromatic nitrogens is 4. The fourth-order valence-electron chi connectivity index (χ4n) is 4.14. The number of benzene rings is 2. The lowest BCUT2D eigenvalue weighted by Gasteiger charge is -2.08. The maximum absolute atomic E-state index is 13.4. The highest BCUT2D eigenvalue weighted by Crippen LogP contribution is 2.27. The lowest BCUT2D eigenvalue weighted by molar-refractivity contribution is 0.0954. The summed E-state index contributed by atoms with van der Waals surface area (Å²) in [5.74, 6) is -0.409. The van der Waals surface area contributed by atoms with Crippen LogP contribution in [0.5, 0.6) is 0 Å². The van der Waals surface area contributed by atoms with E-state index in [1.807, 2.05) is 30.3 Å². The summed E-state index contributed by atoms with van der Waals surface area (Å²) in [5, 5.41) is 21.5. The molecule has 5 aromatic rings. The van der Waals surface area contributed by atoms with E-state index in [-0.39, 0.29) is 23.3 Å². The summed E-state index contributed by atoms with van der Waals surface area (Å²) in [7, 11) is 0. The second kappa shape index (κ2) is 9.91. The van der Waals surface area contributed by atoms with Crippen LogP contribution in [0.1, 0.15) is 33.7 Å². The van der Waals surface area contributed by atoms with Crippen LogP contribution in [-0.4, -0.2) is 32.4 Å². The van der Waals surface area contributed by atoms with Crippen molar-refractivity contribution >= 4 is 22.8 Å². The first-order valence-electron chi connectivity index (χ1n) is 11.6. The molecular weight excluding hydrogens is 473 g/mol. The van der Waals surface area contributed by atoms with Gasteiger partial charge in [0.1, 0.15) is 23.3 Å². The van der Waals surface area contributed by atoms with Gasteiger partial charge in [0.05, 0.1) is 33.7 Å². The highest BCUT2D eigenvalue weighted by Gasteiger charge is 2.20. The molecule has 0 saturated heterocycles. The van der Waals surface area contributed by atoms with Gasteiger partial charge in [0.2, 0.25) is 0 Å². The minimum absolute atomic E-state index is 0.227. The summed E-state index contributed by atoms with van der Waals surface area (Å²) in [6.45, 7) is 2.07. The topological polar surface area (TPSA) is 136 Å². The molecule has 0 aliphatic rings. The van der Waals surface area contributed by atoms with E-state index in [0.29, 0.717) is 58.5 Å². The Morgan fingerprint density at radius 3 is 2.68 bits per heavy atom. The molecule has 5 rings (SSSR count). The Kier molecular flexibility index (Phi) is 6.34. The monoisotopic (exact) mass is 495 g/mol. The summed E-state index contributed by atoms with van der Waals surface area (Å²) in [4.78, 5) is 17.6. The van der Waals surface area contributed by atoms with Gasteiger partial charge in [0.25, 0.3) is 11.6 Å². The Labute approximate surface area is 211 Å². The summed E-state index contributed by atoms with van der Waals surface area (Å²) < 4.78 is 20.2. The van der Waals surface area contributed by atoms with Gasteiger partial charge in [-0.1, -0.05) is 23.4 Å². The lowest BCUT2D eigenvalue weighted by atomic mass is 10.0. The molecular formula is C27H22FN7O2. The van der Waals surface area contributed by atoms with Crippen molar-refractivity contribution < 1.29 is 13.7 Å². The highest BCUT2D eigenvalue weighted by atomic mass is 19.1. The minimum atomic E-state index is -0.367. The van der Waals surface area contributed by atoms with Crippen molar-refractivity contribution in [2.75, 3.05) is 12.3 Å². The number of nitrogens with two attached hydrogens (primary N) is 1. The van der Waals surface area contributed by atoms with Crippen molar-refractivity contribution in [1.82, 2.24) is 25.2 Å². The summed E-state index contributed by atoms with van der Waals surface area (Å²) in [6.07, 6.45) is 0.986. The fraction of sp³-hybridized carbons (Fsp3) is 0.148. The number of fused-ring (bicyclic) bond motifs is 1. The molecule has 0 aliphatic carbocycles. The van der Waals surface area contributed by atoms with Crippen molar-refractivity contribution in [3.05, 3.63) is 89.0 Å². The van der Waals surface area contributed by atoms with Crippen LogP contribution in [0.3, 0.4) is 0 Å². The summed E-state index contributed by atoms with van der Waals surface area (Å²) >= 11 is 0. The van der Waals surface area contributed by atoms with E-state index in [1.54, 1.807) is 29.8 Å². The van der Waals surface area contributed by atoms with E-state index in [9.17, 15) is 14.4 Å². The molecule has 1 amide bonds. The van der Waals surface area contributed by atoms with Gasteiger partial charge in [-0.2, -0.15) is 10.4 Å². The van der Waals surface area contributed by atoms with Crippen molar-refractivity contribution in [3.8, 4) is 23.0 Å². The SMILES string of the molecule is Cc1noc2nc(-c3ccc(F)cc3)cc(C(=O)NCCCc3nn(-c4ccccc4)c(N)c3C#N)c12. The molecule has 3 heterocycles. The van der Waals surface area contributed by atoms with Gasteiger partial charge in [0.15, 0.2) is 0 Å². The van der Waals surface area contributed by atoms with Crippen LogP contribution in [0, 0.1) is 24.1 Å². The number of nitrogens with zero attached hydrogens (tertiary/aromatic N) is 5. The Morgan fingerprint density at radius 1 is 1.19 bits per heavy atom. The molecule has 0 spiro atoms. The zero-order valence-corrected chi connectivity index (χ0v) is 19.9. The van der Waals surface area contributed by atoms with E-state index in [4.69, 9.17) is 10.3 Å². The molecule has 184 valence electrons. The predicted octanol–water partition coefficient (Wildman–Crippen LogP) is 4.34. The fourth-order valence-corrected chi connectivity index (χ4v) is 4.14. The number of nitriles is 1. The number of pyridine rings is 1. The standard InChI is InChI=1S/C27H22FN7O2/c1-16-24-20(14-23(32-27(24)37-34-16)17-9-11-18(28)12-10-17)26(36)31-13-5-8-22-21(15-29)25(30)35(33-22)19-6-3-2-4-7-19/h2-4,6-7,9-12,14H,5,8,13,30H2,1H3,(H,31,36). The Balaban J connectivity index is 1.32. The van der Waals surface area contributed by atoms with Gasteiger partial charge < -0.3 is 15.6 Å². The van der Waals surface area contributed by atoms with Crippen molar-refractivity contribution in [1.29, 1.82) is 5.26 Å². The van der Waals surface area contributed by atoms with Gasteiger partial charge in [-0.25, -0.2) is 14.1 Å². The third-order valence-corrected chi connectivity index (χ3v) is 5.98. The molecule has 0 saturated carbocycles. The van der Waals surface area contributed by atoms with Gasteiger partial charge in [-0.05, 0) is 62.2 Å². The maximum Gasteiger partial charge on any atom is 0.259 e. The molecule has 0 fully saturated rings. The van der Waals surface area contributed by atoms with Crippen LogP contribution < -0.4 is 11.1 Å². The maximum atomic E-state index is 13.4. The van der Waals surface area contributed by atoms with Gasteiger partial charge in [-0.3, -0.25) is 4.79 Å². The molecule has 0 aliphatic heterocycles. The largest absolute Gasteiger partial charge is 0.382 e. The number of anilines is 1. The molecule has 0 unspecified atom stereocenters. The van der Waals surface area contributed by atoms with Gasteiger partial charge in [-0.15, -0.1) is 0 Å². The molecule has 3 aromatic heterocycles. The number of halogens is 1. The van der Waals surface area contributed by atoms with E-state index >= 15 is 0 Å². The highest BCUT2D eigenvalue weighted by molar-refractivity contribution is 6.07. The Morgan fingerprint density at radius 2 is 1.95 bits per heavy atom. The van der Waals surface area contributed by atoms with Crippen LogP contribution in [0.4, 0.5) is 10.2 Å². The Bertz CT molecular complexity index is 1630. The predicted molar refractivity (Wildman–Crippen MR) is 135 cm³/mol. The van der Waals surface area contributed by atoms with Crippen molar-refractivity contribution in [3.63, 3.8) is 0 Å². The molecule has 37 heavy (non-hydrogen) atoms. The van der Waals surface area contributed by atoms with Crippen LogP contribution >= 0.6 is 0 Å². The molecule has 2 aromatic carbocycles. The van der Waals surface area contributed by atoms with E-state index in [0.717, 1.165) is 5.69 Å². The van der Waals surface area contributed by atoms with E-state index in [1.165, 1.54) is 12.1 Å². The second-order valence-electron chi connectivity index (χ2n) is 8.44. The number of rotatable bonds is 7. The molecule has 0 bridgehead atoms. The summed E-state index contributed by atoms with van der Waals surface area (Å²) in [5.41, 5.74) is 10.1. The van der Waals surface area contributed by atoms with Crippen LogP contribution in [0.25, 0.3) is 28.0 Å². The first-order valence-corrected chi connectivity index (χ1v) is 11.6. The zero-order valence-electron chi connectivity index (χ0n) is 19.9. The number of carbonyl (C=O) groups excluding carboxylic acids is 1. The number of nitrogen functional groups attached to an aromatic ring is 1. The smallest absolute Gasteiger partial charge is 0.259 e. The van der Waals surface area contributed by atoms with Gasteiger partial charge in [0, 0.05) is 12.1 Å². The van der Waals surface area contributed by atoms with Crippen LogP contribution in [0.2, 0.25) is 0 Å². The number of hydrogen-bond donors (Lipinski definition) is 2. The zero-order chi connectivity index (χ0) is 25.9.